The van der Waals surface area contributed by atoms with Crippen LogP contribution in [0, 0.1) is 0 Å². The number of nitrogens with zero attached hydrogens (tertiary/aromatic N) is 2. The van der Waals surface area contributed by atoms with Gasteiger partial charge in [0, 0.05) is 36.4 Å². The van der Waals surface area contributed by atoms with Crippen molar-refractivity contribution < 1.29 is 41.0 Å². The minimum absolute atomic E-state index is 0.211. The second-order valence-corrected chi connectivity index (χ2v) is 9.78. The molecule has 11 heteroatoms. The van der Waals surface area contributed by atoms with Gasteiger partial charge in [-0.25, -0.2) is 4.79 Å². The molecule has 0 bridgehead atoms. The summed E-state index contributed by atoms with van der Waals surface area (Å²) in [7, 11) is 0. The molecule has 1 fully saturated rings. The van der Waals surface area contributed by atoms with Crippen molar-refractivity contribution in [2.24, 2.45) is 0 Å². The van der Waals surface area contributed by atoms with Crippen molar-refractivity contribution in [1.29, 1.82) is 0 Å². The van der Waals surface area contributed by atoms with E-state index in [1.165, 1.54) is 6.07 Å². The fourth-order valence-electron chi connectivity index (χ4n) is 4.09. The molecule has 1 amide bonds. The monoisotopic (exact) mass is 498 g/mol. The minimum atomic E-state index is -5.95. The number of ether oxygens (including phenoxy) is 1. The van der Waals surface area contributed by atoms with Gasteiger partial charge < -0.3 is 19.6 Å². The first kappa shape index (κ1) is 28.1. The number of anilines is 1. The van der Waals surface area contributed by atoms with Gasteiger partial charge in [-0.3, -0.25) is 0 Å². The van der Waals surface area contributed by atoms with Crippen LogP contribution in [0.2, 0.25) is 0 Å². The van der Waals surface area contributed by atoms with Crippen molar-refractivity contribution in [2.45, 2.75) is 90.0 Å². The Bertz CT molecular complexity index is 865. The highest BCUT2D eigenvalue weighted by molar-refractivity contribution is 5.69. The van der Waals surface area contributed by atoms with Crippen LogP contribution in [-0.2, 0) is 16.8 Å². The van der Waals surface area contributed by atoms with E-state index in [2.05, 4.69) is 0 Å². The molecule has 2 atom stereocenters. The molecule has 1 aliphatic heterocycles. The molecule has 194 valence electrons. The summed E-state index contributed by atoms with van der Waals surface area (Å²) in [5, 5.41) is 9.81. The predicted octanol–water partition coefficient (Wildman–Crippen LogP) is 5.79. The standard InChI is InChI=1S/C23H32F6N2O3/c1-7-8-16-11-17(21(33,22(24,25)26)23(27,28)29)9-10-18(16)30-12-15(3)31(13-14(30)2)19(32)34-20(4,5)6/h9-11,14-15,33H,7-8,12-13H2,1-6H3. The first-order valence-electron chi connectivity index (χ1n) is 11.1. The van der Waals surface area contributed by atoms with Crippen LogP contribution in [0.4, 0.5) is 36.8 Å². The fourth-order valence-corrected chi connectivity index (χ4v) is 4.09. The average molecular weight is 499 g/mol. The van der Waals surface area contributed by atoms with E-state index in [0.29, 0.717) is 24.7 Å². The maximum absolute atomic E-state index is 13.4. The molecular formula is C23H32F6N2O3. The maximum atomic E-state index is 13.4. The van der Waals surface area contributed by atoms with Crippen LogP contribution >= 0.6 is 0 Å². The SMILES string of the molecule is CCCc1cc(C(O)(C(F)(F)F)C(F)(F)F)ccc1N1CC(C)N(C(=O)OC(C)(C)C)CC1C. The number of hydrogen-bond acceptors (Lipinski definition) is 4. The highest BCUT2D eigenvalue weighted by atomic mass is 19.4. The topological polar surface area (TPSA) is 53.0 Å². The zero-order valence-corrected chi connectivity index (χ0v) is 20.1. The van der Waals surface area contributed by atoms with Crippen LogP contribution in [0.5, 0.6) is 0 Å². The van der Waals surface area contributed by atoms with E-state index in [1.54, 1.807) is 39.5 Å². The third-order valence-electron chi connectivity index (χ3n) is 5.76. The Kier molecular flexibility index (Phi) is 7.82. The molecule has 0 aromatic heterocycles. The van der Waals surface area contributed by atoms with E-state index in [4.69, 9.17) is 4.74 Å². The molecule has 1 heterocycles. The van der Waals surface area contributed by atoms with E-state index in [9.17, 15) is 36.2 Å². The Morgan fingerprint density at radius 3 is 2.06 bits per heavy atom. The van der Waals surface area contributed by atoms with Crippen LogP contribution in [0.15, 0.2) is 18.2 Å². The molecule has 34 heavy (non-hydrogen) atoms. The highest BCUT2D eigenvalue weighted by Crippen LogP contribution is 2.50. The van der Waals surface area contributed by atoms with Crippen molar-refractivity contribution in [1.82, 2.24) is 4.90 Å². The number of carbonyl (C=O) groups is 1. The van der Waals surface area contributed by atoms with Gasteiger partial charge in [0.15, 0.2) is 0 Å². The van der Waals surface area contributed by atoms with Crippen LogP contribution in [0.25, 0.3) is 0 Å². The lowest BCUT2D eigenvalue weighted by Gasteiger charge is -2.46. The average Bonchev–Trinajstić information content (AvgIpc) is 2.66. The number of alkyl halides is 6. The van der Waals surface area contributed by atoms with Gasteiger partial charge in [0.2, 0.25) is 0 Å². The number of halogens is 6. The van der Waals surface area contributed by atoms with Crippen molar-refractivity contribution in [2.75, 3.05) is 18.0 Å². The molecule has 1 saturated heterocycles. The molecule has 1 aliphatic rings. The molecular weight excluding hydrogens is 466 g/mol. The smallest absolute Gasteiger partial charge is 0.430 e. The zero-order chi connectivity index (χ0) is 26.3. The first-order chi connectivity index (χ1) is 15.3. The Balaban J connectivity index is 2.44. The third-order valence-corrected chi connectivity index (χ3v) is 5.76. The predicted molar refractivity (Wildman–Crippen MR) is 116 cm³/mol. The molecule has 1 N–H and O–H groups in total. The second kappa shape index (κ2) is 9.47. The molecule has 0 radical (unpaired) electrons. The second-order valence-electron chi connectivity index (χ2n) is 9.78. The van der Waals surface area contributed by atoms with Crippen molar-refractivity contribution >= 4 is 11.8 Å². The van der Waals surface area contributed by atoms with Gasteiger partial charge in [-0.05, 0) is 52.7 Å². The van der Waals surface area contributed by atoms with Crippen LogP contribution < -0.4 is 4.90 Å². The number of amides is 1. The molecule has 2 rings (SSSR count). The minimum Gasteiger partial charge on any atom is -0.444 e. The summed E-state index contributed by atoms with van der Waals surface area (Å²) in [5.74, 6) is 0. The Morgan fingerprint density at radius 1 is 1.03 bits per heavy atom. The van der Waals surface area contributed by atoms with Gasteiger partial charge in [-0.15, -0.1) is 0 Å². The summed E-state index contributed by atoms with van der Waals surface area (Å²) in [6.07, 6.45) is -11.7. The van der Waals surface area contributed by atoms with Crippen molar-refractivity contribution in [3.63, 3.8) is 0 Å². The Morgan fingerprint density at radius 2 is 1.59 bits per heavy atom. The lowest BCUT2D eigenvalue weighted by atomic mass is 9.89. The summed E-state index contributed by atoms with van der Waals surface area (Å²) in [6, 6.07) is 2.05. The van der Waals surface area contributed by atoms with E-state index in [-0.39, 0.29) is 30.6 Å². The molecule has 1 aromatic carbocycles. The number of rotatable bonds is 4. The summed E-state index contributed by atoms with van der Waals surface area (Å²) < 4.78 is 85.7. The van der Waals surface area contributed by atoms with Crippen LogP contribution in [0.3, 0.4) is 0 Å². The summed E-state index contributed by atoms with van der Waals surface area (Å²) in [5.41, 5.74) is -6.20. The quantitative estimate of drug-likeness (QED) is 0.535. The van der Waals surface area contributed by atoms with E-state index >= 15 is 0 Å². The lowest BCUT2D eigenvalue weighted by Crippen LogP contribution is -2.59. The number of aliphatic hydroxyl groups is 1. The molecule has 1 aromatic rings. The number of piperazine rings is 1. The van der Waals surface area contributed by atoms with Gasteiger partial charge in [0.1, 0.15) is 5.60 Å². The Hall–Kier alpha value is -2.17. The van der Waals surface area contributed by atoms with Gasteiger partial charge in [0.25, 0.3) is 5.60 Å². The van der Waals surface area contributed by atoms with E-state index in [0.717, 1.165) is 6.07 Å². The molecule has 0 aliphatic carbocycles. The third kappa shape index (κ3) is 5.55. The zero-order valence-electron chi connectivity index (χ0n) is 20.1. The normalized spacial score (nSPS) is 20.5. The largest absolute Gasteiger partial charge is 0.444 e. The first-order valence-corrected chi connectivity index (χ1v) is 11.1. The summed E-state index contributed by atoms with van der Waals surface area (Å²) in [6.45, 7) is 11.2. The van der Waals surface area contributed by atoms with Gasteiger partial charge in [-0.1, -0.05) is 25.5 Å². The number of carbonyl (C=O) groups excluding carboxylic acids is 1. The van der Waals surface area contributed by atoms with Gasteiger partial charge in [-0.2, -0.15) is 26.3 Å². The van der Waals surface area contributed by atoms with Crippen molar-refractivity contribution in [3.05, 3.63) is 29.3 Å². The molecule has 2 unspecified atom stereocenters. The molecule has 0 spiro atoms. The Labute approximate surface area is 195 Å². The number of aryl methyl sites for hydroxylation is 1. The van der Waals surface area contributed by atoms with Crippen LogP contribution in [-0.4, -0.2) is 59.2 Å². The van der Waals surface area contributed by atoms with Gasteiger partial charge in [0.05, 0.1) is 0 Å². The molecule has 5 nitrogen and oxygen atoms in total. The number of hydrogen-bond donors (Lipinski definition) is 1. The maximum Gasteiger partial charge on any atom is 0.430 e. The summed E-state index contributed by atoms with van der Waals surface area (Å²) in [4.78, 5) is 16.0. The fraction of sp³-hybridized carbons (Fsp3) is 0.696. The van der Waals surface area contributed by atoms with Crippen molar-refractivity contribution in [3.8, 4) is 0 Å². The summed E-state index contributed by atoms with van der Waals surface area (Å²) >= 11 is 0. The van der Waals surface area contributed by atoms with Gasteiger partial charge >= 0.3 is 18.4 Å². The number of benzene rings is 1. The lowest BCUT2D eigenvalue weighted by molar-refractivity contribution is -0.376. The highest BCUT2D eigenvalue weighted by Gasteiger charge is 2.71. The van der Waals surface area contributed by atoms with E-state index < -0.39 is 35.2 Å². The van der Waals surface area contributed by atoms with Crippen LogP contribution in [0.1, 0.15) is 59.1 Å². The van der Waals surface area contributed by atoms with E-state index in [1.807, 2.05) is 11.8 Å². The molecule has 0 saturated carbocycles.